The van der Waals surface area contributed by atoms with Crippen molar-refractivity contribution >= 4 is 17.9 Å². The van der Waals surface area contributed by atoms with Crippen LogP contribution in [0.4, 0.5) is 4.39 Å². The lowest BCUT2D eigenvalue weighted by molar-refractivity contribution is -0.152. The normalized spacial score (nSPS) is 23.1. The van der Waals surface area contributed by atoms with Gasteiger partial charge < -0.3 is 15.0 Å². The summed E-state index contributed by atoms with van der Waals surface area (Å²) in [5.41, 5.74) is 1.29. The van der Waals surface area contributed by atoms with Crippen LogP contribution >= 0.6 is 0 Å². The fraction of sp³-hybridized carbons (Fsp3) is 0.360. The topological polar surface area (TPSA) is 58.6 Å². The predicted octanol–water partition coefficient (Wildman–Crippen LogP) is 4.21. The van der Waals surface area contributed by atoms with Crippen LogP contribution < -0.4 is 5.32 Å². The molecule has 2 amide bonds. The Balaban J connectivity index is 1.53. The van der Waals surface area contributed by atoms with Crippen molar-refractivity contribution in [1.29, 1.82) is 0 Å². The van der Waals surface area contributed by atoms with Gasteiger partial charge in [0.1, 0.15) is 18.5 Å². The van der Waals surface area contributed by atoms with Gasteiger partial charge in [-0.25, -0.2) is 4.39 Å². The smallest absolute Gasteiger partial charge is 0.289 e. The number of halogens is 1. The van der Waals surface area contributed by atoms with Gasteiger partial charge in [-0.2, -0.15) is 0 Å². The van der Waals surface area contributed by atoms with Crippen LogP contribution in [-0.2, 0) is 14.3 Å². The number of carbonyl (C=O) groups excluding carboxylic acids is 2. The zero-order valence-corrected chi connectivity index (χ0v) is 17.6. The van der Waals surface area contributed by atoms with Crippen molar-refractivity contribution in [2.75, 3.05) is 6.54 Å². The van der Waals surface area contributed by atoms with Crippen molar-refractivity contribution in [3.05, 3.63) is 77.3 Å². The van der Waals surface area contributed by atoms with Gasteiger partial charge in [0.15, 0.2) is 5.76 Å². The molecule has 0 radical (unpaired) electrons. The standard InChI is InChI=1S/C25H27FN2O3/c1-17(18-9-3-2-4-10-18)27-24(29)16-28-21-13-7-8-14-22(21)31-23(25(28)30)15-19-11-5-6-12-20(19)26/h2-6,9-12,15,17,21-22H,7-8,13-14,16H2,1H3,(H,27,29)/b23-15-. The lowest BCUT2D eigenvalue weighted by atomic mass is 9.89. The van der Waals surface area contributed by atoms with Gasteiger partial charge in [-0.3, -0.25) is 9.59 Å². The van der Waals surface area contributed by atoms with Gasteiger partial charge in [-0.05, 0) is 43.9 Å². The number of morpholine rings is 1. The highest BCUT2D eigenvalue weighted by Crippen LogP contribution is 2.33. The summed E-state index contributed by atoms with van der Waals surface area (Å²) in [6.45, 7) is 1.87. The molecule has 2 aromatic carbocycles. The minimum atomic E-state index is -0.418. The second kappa shape index (κ2) is 9.33. The van der Waals surface area contributed by atoms with E-state index in [1.807, 2.05) is 37.3 Å². The highest BCUT2D eigenvalue weighted by Gasteiger charge is 2.42. The Morgan fingerprint density at radius 3 is 2.65 bits per heavy atom. The van der Waals surface area contributed by atoms with E-state index in [4.69, 9.17) is 4.74 Å². The molecule has 4 rings (SSSR count). The van der Waals surface area contributed by atoms with Gasteiger partial charge in [-0.1, -0.05) is 55.0 Å². The summed E-state index contributed by atoms with van der Waals surface area (Å²) in [7, 11) is 0. The summed E-state index contributed by atoms with van der Waals surface area (Å²) in [5.74, 6) is -0.912. The van der Waals surface area contributed by atoms with E-state index in [9.17, 15) is 14.0 Å². The molecule has 1 N–H and O–H groups in total. The third-order valence-electron chi connectivity index (χ3n) is 6.00. The quantitative estimate of drug-likeness (QED) is 0.735. The van der Waals surface area contributed by atoms with Crippen LogP contribution in [0.15, 0.2) is 60.4 Å². The Kier molecular flexibility index (Phi) is 6.35. The Morgan fingerprint density at radius 2 is 1.87 bits per heavy atom. The molecule has 6 heteroatoms. The molecule has 2 aliphatic rings. The molecule has 0 spiro atoms. The zero-order valence-electron chi connectivity index (χ0n) is 17.6. The Morgan fingerprint density at radius 1 is 1.16 bits per heavy atom. The summed E-state index contributed by atoms with van der Waals surface area (Å²) >= 11 is 0. The molecule has 1 saturated heterocycles. The fourth-order valence-corrected chi connectivity index (χ4v) is 4.36. The molecule has 1 aliphatic carbocycles. The number of rotatable bonds is 5. The third kappa shape index (κ3) is 4.79. The van der Waals surface area contributed by atoms with Crippen LogP contribution in [-0.4, -0.2) is 35.4 Å². The number of carbonyl (C=O) groups is 2. The number of fused-ring (bicyclic) bond motifs is 1. The number of benzene rings is 2. The minimum absolute atomic E-state index is 0.0465. The van der Waals surface area contributed by atoms with Crippen molar-refractivity contribution < 1.29 is 18.7 Å². The summed E-state index contributed by atoms with van der Waals surface area (Å²) in [6.07, 6.45) is 4.87. The van der Waals surface area contributed by atoms with Crippen molar-refractivity contribution in [3.63, 3.8) is 0 Å². The fourth-order valence-electron chi connectivity index (χ4n) is 4.36. The Bertz CT molecular complexity index is 976. The third-order valence-corrected chi connectivity index (χ3v) is 6.00. The van der Waals surface area contributed by atoms with Gasteiger partial charge >= 0.3 is 0 Å². The average molecular weight is 423 g/mol. The van der Waals surface area contributed by atoms with Crippen LogP contribution in [0.2, 0.25) is 0 Å². The number of ether oxygens (including phenoxy) is 1. The lowest BCUT2D eigenvalue weighted by Crippen LogP contribution is -2.57. The lowest BCUT2D eigenvalue weighted by Gasteiger charge is -2.44. The molecule has 31 heavy (non-hydrogen) atoms. The number of hydrogen-bond acceptors (Lipinski definition) is 3. The first-order valence-corrected chi connectivity index (χ1v) is 10.8. The number of hydrogen-bond donors (Lipinski definition) is 1. The highest BCUT2D eigenvalue weighted by atomic mass is 19.1. The molecular weight excluding hydrogens is 395 g/mol. The molecule has 0 aromatic heterocycles. The molecule has 2 fully saturated rings. The zero-order chi connectivity index (χ0) is 21.8. The molecule has 3 atom stereocenters. The maximum absolute atomic E-state index is 14.1. The molecule has 1 aliphatic heterocycles. The monoisotopic (exact) mass is 422 g/mol. The van der Waals surface area contributed by atoms with Crippen molar-refractivity contribution in [3.8, 4) is 0 Å². The van der Waals surface area contributed by atoms with Gasteiger partial charge in [0, 0.05) is 5.56 Å². The number of nitrogens with one attached hydrogen (secondary N) is 1. The van der Waals surface area contributed by atoms with Crippen LogP contribution in [0.5, 0.6) is 0 Å². The van der Waals surface area contributed by atoms with E-state index in [0.29, 0.717) is 5.56 Å². The van der Waals surface area contributed by atoms with E-state index in [0.717, 1.165) is 31.2 Å². The van der Waals surface area contributed by atoms with E-state index >= 15 is 0 Å². The second-order valence-electron chi connectivity index (χ2n) is 8.17. The number of nitrogens with zero attached hydrogens (tertiary/aromatic N) is 1. The predicted molar refractivity (Wildman–Crippen MR) is 116 cm³/mol. The van der Waals surface area contributed by atoms with E-state index in [1.54, 1.807) is 23.1 Å². The van der Waals surface area contributed by atoms with Gasteiger partial charge in [0.25, 0.3) is 5.91 Å². The molecule has 5 nitrogen and oxygen atoms in total. The van der Waals surface area contributed by atoms with Crippen LogP contribution in [0.3, 0.4) is 0 Å². The molecule has 3 unspecified atom stereocenters. The van der Waals surface area contributed by atoms with Crippen LogP contribution in [0.1, 0.15) is 49.8 Å². The minimum Gasteiger partial charge on any atom is -0.482 e. The second-order valence-corrected chi connectivity index (χ2v) is 8.17. The number of amides is 2. The average Bonchev–Trinajstić information content (AvgIpc) is 2.78. The molecule has 162 valence electrons. The SMILES string of the molecule is CC(NC(=O)CN1C(=O)/C(=C/c2ccccc2F)OC2CCCCC21)c1ccccc1. The molecule has 2 aromatic rings. The molecule has 1 saturated carbocycles. The van der Waals surface area contributed by atoms with Crippen molar-refractivity contribution in [2.45, 2.75) is 50.8 Å². The summed E-state index contributed by atoms with van der Waals surface area (Å²) in [6, 6.07) is 15.6. The summed E-state index contributed by atoms with van der Waals surface area (Å²) in [4.78, 5) is 27.6. The van der Waals surface area contributed by atoms with E-state index in [-0.39, 0.29) is 42.3 Å². The van der Waals surface area contributed by atoms with E-state index in [1.165, 1.54) is 12.1 Å². The van der Waals surface area contributed by atoms with Gasteiger partial charge in [0.2, 0.25) is 5.91 Å². The van der Waals surface area contributed by atoms with Crippen LogP contribution in [0, 0.1) is 5.82 Å². The first-order chi connectivity index (χ1) is 15.0. The first-order valence-electron chi connectivity index (χ1n) is 10.8. The largest absolute Gasteiger partial charge is 0.482 e. The van der Waals surface area contributed by atoms with Crippen LogP contribution in [0.25, 0.3) is 6.08 Å². The van der Waals surface area contributed by atoms with E-state index in [2.05, 4.69) is 5.32 Å². The molecule has 0 bridgehead atoms. The summed E-state index contributed by atoms with van der Waals surface area (Å²) in [5, 5.41) is 2.98. The van der Waals surface area contributed by atoms with E-state index < -0.39 is 5.82 Å². The summed E-state index contributed by atoms with van der Waals surface area (Å²) < 4.78 is 20.1. The van der Waals surface area contributed by atoms with Gasteiger partial charge in [0.05, 0.1) is 12.1 Å². The Hall–Kier alpha value is -3.15. The molecule has 1 heterocycles. The van der Waals surface area contributed by atoms with Gasteiger partial charge in [-0.15, -0.1) is 0 Å². The maximum atomic E-state index is 14.1. The van der Waals surface area contributed by atoms with Crippen molar-refractivity contribution in [2.24, 2.45) is 0 Å². The molecular formula is C25H27FN2O3. The highest BCUT2D eigenvalue weighted by molar-refractivity contribution is 5.98. The maximum Gasteiger partial charge on any atom is 0.289 e. The Labute approximate surface area is 181 Å². The van der Waals surface area contributed by atoms with Crippen molar-refractivity contribution in [1.82, 2.24) is 10.2 Å². The first kappa shape index (κ1) is 21.1.